The van der Waals surface area contributed by atoms with Crippen LogP contribution in [-0.2, 0) is 0 Å². The molecule has 0 saturated heterocycles. The van der Waals surface area contributed by atoms with E-state index in [-0.39, 0.29) is 11.9 Å². The molecule has 0 aliphatic heterocycles. The molecule has 0 saturated carbocycles. The van der Waals surface area contributed by atoms with E-state index in [1.807, 2.05) is 61.6 Å². The highest BCUT2D eigenvalue weighted by atomic mass is 32.1. The molecule has 1 atom stereocenters. The van der Waals surface area contributed by atoms with Gasteiger partial charge >= 0.3 is 0 Å². The lowest BCUT2D eigenvalue weighted by atomic mass is 10.1. The third kappa shape index (κ3) is 4.05. The number of anilines is 1. The Balaban J connectivity index is 1.75. The maximum atomic E-state index is 12.5. The largest absolute Gasteiger partial charge is 0.363 e. The van der Waals surface area contributed by atoms with Crippen molar-refractivity contribution < 1.29 is 4.79 Å². The molecule has 2 aromatic heterocycles. The summed E-state index contributed by atoms with van der Waals surface area (Å²) in [7, 11) is 3.87. The van der Waals surface area contributed by atoms with Gasteiger partial charge in [0, 0.05) is 42.9 Å². The molecule has 1 aromatic carbocycles. The fraction of sp³-hybridized carbons (Fsp3) is 0.263. The molecule has 0 radical (unpaired) electrons. The molecule has 0 unspecified atom stereocenters. The Kier molecular flexibility index (Phi) is 5.58. The van der Waals surface area contributed by atoms with Gasteiger partial charge in [-0.25, -0.2) is 15.0 Å². The molecule has 134 valence electrons. The quantitative estimate of drug-likeness (QED) is 0.721. The summed E-state index contributed by atoms with van der Waals surface area (Å²) in [5.41, 5.74) is 2.38. The average Bonchev–Trinajstić information content (AvgIpc) is 3.20. The zero-order valence-electron chi connectivity index (χ0n) is 15.0. The number of carbonyl (C=O) groups is 1. The van der Waals surface area contributed by atoms with Crippen molar-refractivity contribution in [3.05, 3.63) is 58.8 Å². The normalized spacial score (nSPS) is 11.8. The number of thiazole rings is 1. The van der Waals surface area contributed by atoms with E-state index in [1.165, 1.54) is 0 Å². The van der Waals surface area contributed by atoms with E-state index >= 15 is 0 Å². The molecule has 1 N–H and O–H groups in total. The number of rotatable bonds is 6. The average molecular weight is 367 g/mol. The summed E-state index contributed by atoms with van der Waals surface area (Å²) in [6, 6.07) is 9.30. The summed E-state index contributed by atoms with van der Waals surface area (Å²) >= 11 is 1.55. The van der Waals surface area contributed by atoms with Gasteiger partial charge in [0.05, 0.1) is 11.7 Å². The van der Waals surface area contributed by atoms with E-state index in [9.17, 15) is 4.79 Å². The van der Waals surface area contributed by atoms with Crippen LogP contribution in [0, 0.1) is 0 Å². The molecule has 0 fully saturated rings. The summed E-state index contributed by atoms with van der Waals surface area (Å²) in [5.74, 6) is 0.737. The van der Waals surface area contributed by atoms with Crippen LogP contribution in [0.4, 0.5) is 5.82 Å². The smallest absolute Gasteiger partial charge is 0.251 e. The Morgan fingerprint density at radius 1 is 1.19 bits per heavy atom. The summed E-state index contributed by atoms with van der Waals surface area (Å²) < 4.78 is 0. The Bertz CT molecular complexity index is 862. The first-order valence-electron chi connectivity index (χ1n) is 8.38. The first-order chi connectivity index (χ1) is 12.6. The minimum Gasteiger partial charge on any atom is -0.363 e. The molecule has 26 heavy (non-hydrogen) atoms. The second-order valence-electron chi connectivity index (χ2n) is 6.04. The molecule has 6 nitrogen and oxygen atoms in total. The predicted octanol–water partition coefficient (Wildman–Crippen LogP) is 3.55. The number of carbonyl (C=O) groups excluding carboxylic acids is 1. The molecule has 0 spiro atoms. The van der Waals surface area contributed by atoms with E-state index in [0.29, 0.717) is 5.56 Å². The van der Waals surface area contributed by atoms with Gasteiger partial charge in [-0.05, 0) is 18.6 Å². The van der Waals surface area contributed by atoms with Gasteiger partial charge in [0.15, 0.2) is 0 Å². The lowest BCUT2D eigenvalue weighted by Gasteiger charge is -2.15. The van der Waals surface area contributed by atoms with Crippen molar-refractivity contribution in [3.63, 3.8) is 0 Å². The van der Waals surface area contributed by atoms with Crippen LogP contribution in [-0.4, -0.2) is 35.0 Å². The van der Waals surface area contributed by atoms with Crippen LogP contribution in [0.1, 0.15) is 34.8 Å². The molecule has 0 bridgehead atoms. The van der Waals surface area contributed by atoms with Crippen LogP contribution >= 0.6 is 11.3 Å². The summed E-state index contributed by atoms with van der Waals surface area (Å²) in [6.45, 7) is 2.03. The monoisotopic (exact) mass is 367 g/mol. The van der Waals surface area contributed by atoms with Crippen molar-refractivity contribution in [3.8, 4) is 11.3 Å². The molecule has 0 aliphatic carbocycles. The number of hydrogen-bond acceptors (Lipinski definition) is 6. The number of benzene rings is 1. The van der Waals surface area contributed by atoms with Gasteiger partial charge in [-0.1, -0.05) is 19.1 Å². The molecule has 3 rings (SSSR count). The van der Waals surface area contributed by atoms with Crippen molar-refractivity contribution in [2.75, 3.05) is 19.0 Å². The van der Waals surface area contributed by atoms with Crippen LogP contribution in [0.5, 0.6) is 0 Å². The minimum absolute atomic E-state index is 0.0632. The topological polar surface area (TPSA) is 71.0 Å². The Labute approximate surface area is 157 Å². The van der Waals surface area contributed by atoms with Crippen molar-refractivity contribution in [2.24, 2.45) is 0 Å². The fourth-order valence-corrected chi connectivity index (χ4v) is 3.30. The number of aromatic nitrogens is 3. The van der Waals surface area contributed by atoms with Gasteiger partial charge in [0.25, 0.3) is 5.91 Å². The van der Waals surface area contributed by atoms with Crippen molar-refractivity contribution in [1.82, 2.24) is 20.3 Å². The summed E-state index contributed by atoms with van der Waals surface area (Å²) in [6.07, 6.45) is 4.10. The standard InChI is InChI=1S/C19H21N5OS/c1-4-15(19-20-9-10-26-19)23-18(25)14-7-5-13(6-8-14)16-11-17(24(2)3)22-12-21-16/h5-12,15H,4H2,1-3H3,(H,23,25)/t15-/m1/s1. The van der Waals surface area contributed by atoms with Crippen LogP contribution in [0.3, 0.4) is 0 Å². The number of nitrogens with one attached hydrogen (secondary N) is 1. The maximum Gasteiger partial charge on any atom is 0.251 e. The Morgan fingerprint density at radius 2 is 1.96 bits per heavy atom. The van der Waals surface area contributed by atoms with Crippen LogP contribution in [0.25, 0.3) is 11.3 Å². The number of nitrogens with zero attached hydrogens (tertiary/aromatic N) is 4. The van der Waals surface area contributed by atoms with Crippen molar-refractivity contribution in [1.29, 1.82) is 0 Å². The van der Waals surface area contributed by atoms with E-state index in [1.54, 1.807) is 23.9 Å². The molecular weight excluding hydrogens is 346 g/mol. The van der Waals surface area contributed by atoms with Crippen LogP contribution in [0.2, 0.25) is 0 Å². The summed E-state index contributed by atoms with van der Waals surface area (Å²) in [4.78, 5) is 27.3. The second-order valence-corrected chi connectivity index (χ2v) is 6.96. The summed E-state index contributed by atoms with van der Waals surface area (Å²) in [5, 5.41) is 5.89. The molecule has 1 amide bonds. The minimum atomic E-state index is -0.102. The van der Waals surface area contributed by atoms with E-state index in [2.05, 4.69) is 20.3 Å². The highest BCUT2D eigenvalue weighted by Gasteiger charge is 2.16. The SMILES string of the molecule is CC[C@@H](NC(=O)c1ccc(-c2cc(N(C)C)ncn2)cc1)c1nccs1. The van der Waals surface area contributed by atoms with Gasteiger partial charge in [-0.3, -0.25) is 4.79 Å². The van der Waals surface area contributed by atoms with Crippen molar-refractivity contribution >= 4 is 23.1 Å². The predicted molar refractivity (Wildman–Crippen MR) is 104 cm³/mol. The van der Waals surface area contributed by atoms with Gasteiger partial charge < -0.3 is 10.2 Å². The van der Waals surface area contributed by atoms with E-state index in [0.717, 1.165) is 28.5 Å². The number of amides is 1. The second kappa shape index (κ2) is 8.05. The molecular formula is C19H21N5OS. The highest BCUT2D eigenvalue weighted by Crippen LogP contribution is 2.22. The van der Waals surface area contributed by atoms with Gasteiger partial charge in [0.1, 0.15) is 17.2 Å². The van der Waals surface area contributed by atoms with E-state index < -0.39 is 0 Å². The van der Waals surface area contributed by atoms with Crippen molar-refractivity contribution in [2.45, 2.75) is 19.4 Å². The van der Waals surface area contributed by atoms with Crippen LogP contribution in [0.15, 0.2) is 48.2 Å². The lowest BCUT2D eigenvalue weighted by Crippen LogP contribution is -2.28. The van der Waals surface area contributed by atoms with Gasteiger partial charge in [0.2, 0.25) is 0 Å². The zero-order chi connectivity index (χ0) is 18.5. The first-order valence-corrected chi connectivity index (χ1v) is 9.26. The third-order valence-corrected chi connectivity index (χ3v) is 4.91. The van der Waals surface area contributed by atoms with E-state index in [4.69, 9.17) is 0 Å². The third-order valence-electron chi connectivity index (χ3n) is 4.02. The van der Waals surface area contributed by atoms with Gasteiger partial charge in [-0.15, -0.1) is 11.3 Å². The Hall–Kier alpha value is -2.80. The first kappa shape index (κ1) is 18.0. The van der Waals surface area contributed by atoms with Gasteiger partial charge in [-0.2, -0.15) is 0 Å². The molecule has 3 aromatic rings. The maximum absolute atomic E-state index is 12.5. The van der Waals surface area contributed by atoms with Crippen LogP contribution < -0.4 is 10.2 Å². The fourth-order valence-electron chi connectivity index (χ4n) is 2.53. The zero-order valence-corrected chi connectivity index (χ0v) is 15.8. The Morgan fingerprint density at radius 3 is 2.58 bits per heavy atom. The highest BCUT2D eigenvalue weighted by molar-refractivity contribution is 7.09. The molecule has 0 aliphatic rings. The number of hydrogen-bond donors (Lipinski definition) is 1. The molecule has 7 heteroatoms. The lowest BCUT2D eigenvalue weighted by molar-refractivity contribution is 0.0935. The molecule has 2 heterocycles.